The van der Waals surface area contributed by atoms with Crippen LogP contribution >= 0.6 is 11.6 Å². The van der Waals surface area contributed by atoms with E-state index >= 15 is 0 Å². The molecule has 1 aliphatic carbocycles. The summed E-state index contributed by atoms with van der Waals surface area (Å²) in [5.74, 6) is -1.54. The van der Waals surface area contributed by atoms with Gasteiger partial charge in [-0.05, 0) is 69.2 Å². The maximum Gasteiger partial charge on any atom is 0.419 e. The quantitative estimate of drug-likeness (QED) is 0.235. The number of fused-ring (bicyclic) bond motifs is 2. The van der Waals surface area contributed by atoms with Crippen LogP contribution in [-0.2, 0) is 17.3 Å². The standard InChI is InChI=1S/C26H27ClF3N5O2/c1-25(2,36)37-21-11-15(10-20(21)35-8-7-17-22(27)32-13-33-24(17)35)4-3-14-5-6-16-12-18(26(28,29)30)23(31)34-19(16)9-14/h5-9,12-13,15,20-21,36H,3-4,10-11H2,1-2H3,(H2,31,34)/t15-,20+,21+/m0/s1. The number of hydrogen-bond acceptors (Lipinski definition) is 6. The molecule has 5 rings (SSSR count). The van der Waals surface area contributed by atoms with Gasteiger partial charge in [-0.2, -0.15) is 13.2 Å². The van der Waals surface area contributed by atoms with Gasteiger partial charge in [0.05, 0.1) is 28.6 Å². The van der Waals surface area contributed by atoms with Crippen molar-refractivity contribution in [3.05, 3.63) is 59.1 Å². The van der Waals surface area contributed by atoms with Crippen LogP contribution in [0.1, 0.15) is 50.3 Å². The minimum Gasteiger partial charge on any atom is -0.383 e. The van der Waals surface area contributed by atoms with Gasteiger partial charge in [0.1, 0.15) is 22.9 Å². The smallest absolute Gasteiger partial charge is 0.383 e. The molecule has 0 radical (unpaired) electrons. The van der Waals surface area contributed by atoms with Gasteiger partial charge in [0, 0.05) is 11.6 Å². The molecule has 3 N–H and O–H groups in total. The highest BCUT2D eigenvalue weighted by atomic mass is 35.5. The Labute approximate surface area is 216 Å². The SMILES string of the molecule is CC(C)(O)O[C@@H]1C[C@@H](CCc2ccc3cc(C(F)(F)F)c(N)nc3c2)C[C@H]1n1ccc2c(Cl)ncnc21. The molecule has 7 nitrogen and oxygen atoms in total. The second-order valence-corrected chi connectivity index (χ2v) is 10.5. The Morgan fingerprint density at radius 2 is 1.95 bits per heavy atom. The summed E-state index contributed by atoms with van der Waals surface area (Å²) in [5, 5.41) is 11.9. The van der Waals surface area contributed by atoms with E-state index < -0.39 is 23.3 Å². The van der Waals surface area contributed by atoms with Crippen molar-refractivity contribution in [2.24, 2.45) is 5.92 Å². The summed E-state index contributed by atoms with van der Waals surface area (Å²) in [7, 11) is 0. The molecule has 1 fully saturated rings. The molecule has 3 aromatic heterocycles. The lowest BCUT2D eigenvalue weighted by atomic mass is 9.97. The van der Waals surface area contributed by atoms with Crippen molar-refractivity contribution < 1.29 is 23.0 Å². The van der Waals surface area contributed by atoms with Crippen LogP contribution in [0.3, 0.4) is 0 Å². The third kappa shape index (κ3) is 5.37. The maximum atomic E-state index is 13.2. The number of aromatic nitrogens is 4. The van der Waals surface area contributed by atoms with Crippen molar-refractivity contribution in [2.75, 3.05) is 5.73 Å². The molecule has 1 aromatic carbocycles. The van der Waals surface area contributed by atoms with Gasteiger partial charge in [0.15, 0.2) is 5.79 Å². The van der Waals surface area contributed by atoms with E-state index in [1.54, 1.807) is 26.0 Å². The topological polar surface area (TPSA) is 99.1 Å². The summed E-state index contributed by atoms with van der Waals surface area (Å²) < 4.78 is 47.6. The number of benzene rings is 1. The first-order chi connectivity index (χ1) is 17.4. The first-order valence-electron chi connectivity index (χ1n) is 12.0. The van der Waals surface area contributed by atoms with Crippen molar-refractivity contribution in [3.8, 4) is 0 Å². The van der Waals surface area contributed by atoms with Crippen LogP contribution < -0.4 is 5.73 Å². The summed E-state index contributed by atoms with van der Waals surface area (Å²) >= 11 is 6.24. The van der Waals surface area contributed by atoms with Gasteiger partial charge in [-0.15, -0.1) is 0 Å². The summed E-state index contributed by atoms with van der Waals surface area (Å²) in [6, 6.07) is 8.14. The molecule has 0 aliphatic heterocycles. The number of alkyl halides is 3. The Bertz CT molecular complexity index is 1450. The third-order valence-corrected chi connectivity index (χ3v) is 7.19. The van der Waals surface area contributed by atoms with E-state index in [1.165, 1.54) is 6.33 Å². The summed E-state index contributed by atoms with van der Waals surface area (Å²) in [6.45, 7) is 3.23. The number of pyridine rings is 1. The second-order valence-electron chi connectivity index (χ2n) is 10.1. The van der Waals surface area contributed by atoms with Crippen LogP contribution in [0.2, 0.25) is 5.15 Å². The zero-order chi connectivity index (χ0) is 26.5. The highest BCUT2D eigenvalue weighted by Crippen LogP contribution is 2.42. The molecule has 3 heterocycles. The fourth-order valence-corrected chi connectivity index (χ4v) is 5.48. The van der Waals surface area contributed by atoms with Crippen molar-refractivity contribution >= 4 is 39.4 Å². The number of ether oxygens (including phenoxy) is 1. The zero-order valence-electron chi connectivity index (χ0n) is 20.3. The van der Waals surface area contributed by atoms with Gasteiger partial charge in [-0.1, -0.05) is 23.7 Å². The molecular weight excluding hydrogens is 507 g/mol. The Morgan fingerprint density at radius 1 is 1.16 bits per heavy atom. The van der Waals surface area contributed by atoms with Crippen molar-refractivity contribution in [1.29, 1.82) is 0 Å². The molecule has 196 valence electrons. The van der Waals surface area contributed by atoms with Gasteiger partial charge in [0.25, 0.3) is 0 Å². The molecule has 0 unspecified atom stereocenters. The molecular formula is C26H27ClF3N5O2. The van der Waals surface area contributed by atoms with E-state index in [0.29, 0.717) is 28.1 Å². The molecule has 1 aliphatic rings. The summed E-state index contributed by atoms with van der Waals surface area (Å²) in [4.78, 5) is 12.5. The van der Waals surface area contributed by atoms with E-state index in [4.69, 9.17) is 22.1 Å². The molecule has 0 amide bonds. The molecule has 0 saturated heterocycles. The number of nitrogen functional groups attached to an aromatic ring is 1. The predicted octanol–water partition coefficient (Wildman–Crippen LogP) is 5.93. The van der Waals surface area contributed by atoms with Crippen molar-refractivity contribution in [3.63, 3.8) is 0 Å². The van der Waals surface area contributed by atoms with Crippen LogP contribution in [0, 0.1) is 5.92 Å². The fraction of sp³-hybridized carbons (Fsp3) is 0.423. The number of rotatable bonds is 6. The van der Waals surface area contributed by atoms with E-state index in [9.17, 15) is 18.3 Å². The van der Waals surface area contributed by atoms with Crippen LogP contribution in [0.4, 0.5) is 19.0 Å². The largest absolute Gasteiger partial charge is 0.419 e. The Morgan fingerprint density at radius 3 is 2.68 bits per heavy atom. The lowest BCUT2D eigenvalue weighted by Gasteiger charge is -2.28. The molecule has 3 atom stereocenters. The van der Waals surface area contributed by atoms with Crippen molar-refractivity contribution in [1.82, 2.24) is 19.5 Å². The zero-order valence-corrected chi connectivity index (χ0v) is 21.1. The molecule has 4 aromatic rings. The maximum absolute atomic E-state index is 13.2. The molecule has 0 bridgehead atoms. The minimum absolute atomic E-state index is 0.0567. The fourth-order valence-electron chi connectivity index (χ4n) is 5.29. The van der Waals surface area contributed by atoms with Gasteiger partial charge in [-0.3, -0.25) is 0 Å². The summed E-state index contributed by atoms with van der Waals surface area (Å²) in [5.41, 5.74) is 6.78. The average Bonchev–Trinajstić information content (AvgIpc) is 3.39. The van der Waals surface area contributed by atoms with Crippen LogP contribution in [0.25, 0.3) is 21.9 Å². The lowest BCUT2D eigenvalue weighted by molar-refractivity contribution is -0.210. The Kier molecular flexibility index (Phi) is 6.54. The number of halogens is 4. The lowest BCUT2D eigenvalue weighted by Crippen LogP contribution is -2.33. The van der Waals surface area contributed by atoms with E-state index in [1.807, 2.05) is 22.9 Å². The highest BCUT2D eigenvalue weighted by molar-refractivity contribution is 6.33. The van der Waals surface area contributed by atoms with E-state index in [2.05, 4.69) is 15.0 Å². The molecule has 0 spiro atoms. The number of anilines is 1. The first-order valence-corrected chi connectivity index (χ1v) is 12.4. The van der Waals surface area contributed by atoms with Crippen LogP contribution in [0.15, 0.2) is 42.9 Å². The van der Waals surface area contributed by atoms with Crippen LogP contribution in [-0.4, -0.2) is 36.5 Å². The minimum atomic E-state index is -4.55. The Hall–Kier alpha value is -2.95. The first kappa shape index (κ1) is 25.7. The highest BCUT2D eigenvalue weighted by Gasteiger charge is 2.39. The monoisotopic (exact) mass is 533 g/mol. The number of nitrogens with two attached hydrogens (primary N) is 1. The number of nitrogens with zero attached hydrogens (tertiary/aromatic N) is 4. The Balaban J connectivity index is 1.35. The van der Waals surface area contributed by atoms with Gasteiger partial charge < -0.3 is 20.1 Å². The molecule has 11 heteroatoms. The van der Waals surface area contributed by atoms with Gasteiger partial charge in [-0.25, -0.2) is 15.0 Å². The average molecular weight is 534 g/mol. The predicted molar refractivity (Wildman–Crippen MR) is 135 cm³/mol. The number of aryl methyl sites for hydroxylation is 1. The van der Waals surface area contributed by atoms with Gasteiger partial charge in [0.2, 0.25) is 0 Å². The number of aliphatic hydroxyl groups is 1. The number of hydrogen-bond donors (Lipinski definition) is 2. The third-order valence-electron chi connectivity index (χ3n) is 6.89. The van der Waals surface area contributed by atoms with Crippen LogP contribution in [0.5, 0.6) is 0 Å². The van der Waals surface area contributed by atoms with E-state index in [-0.39, 0.29) is 18.1 Å². The van der Waals surface area contributed by atoms with Crippen molar-refractivity contribution in [2.45, 2.75) is 63.6 Å². The second kappa shape index (κ2) is 9.41. The normalized spacial score (nSPS) is 20.8. The van der Waals surface area contributed by atoms with E-state index in [0.717, 1.165) is 36.3 Å². The van der Waals surface area contributed by atoms with Gasteiger partial charge >= 0.3 is 6.18 Å². The summed E-state index contributed by atoms with van der Waals surface area (Å²) in [6.07, 6.45) is 1.65. The molecule has 1 saturated carbocycles. The molecule has 37 heavy (non-hydrogen) atoms.